The first-order chi connectivity index (χ1) is 14.4. The van der Waals surface area contributed by atoms with Crippen molar-refractivity contribution in [1.82, 2.24) is 24.6 Å². The number of carbonyl (C=O) groups excluding carboxylic acids is 2. The van der Waals surface area contributed by atoms with Crippen LogP contribution in [-0.4, -0.2) is 31.1 Å². The van der Waals surface area contributed by atoms with E-state index in [0.29, 0.717) is 16.4 Å². The fraction of sp³-hybridized carbons (Fsp3) is 0.143. The number of rotatable bonds is 5. The van der Waals surface area contributed by atoms with Gasteiger partial charge in [0.25, 0.3) is 11.8 Å². The van der Waals surface area contributed by atoms with Gasteiger partial charge in [-0.25, -0.2) is 4.98 Å². The van der Waals surface area contributed by atoms with Crippen molar-refractivity contribution in [1.29, 1.82) is 0 Å². The second-order valence-electron chi connectivity index (χ2n) is 6.73. The minimum Gasteiger partial charge on any atom is -0.343 e. The molecule has 30 heavy (non-hydrogen) atoms. The van der Waals surface area contributed by atoms with Gasteiger partial charge in [-0.15, -0.1) is 0 Å². The number of nitrogens with zero attached hydrogens (tertiary/aromatic N) is 4. The number of amides is 2. The number of nitrogens with one attached hydrogen (secondary N) is 2. The van der Waals surface area contributed by atoms with Crippen molar-refractivity contribution in [2.75, 3.05) is 5.32 Å². The smallest absolute Gasteiger partial charge is 0.272 e. The lowest BCUT2D eigenvalue weighted by Gasteiger charge is -2.06. The molecule has 2 aromatic heterocycles. The molecule has 4 aromatic rings. The summed E-state index contributed by atoms with van der Waals surface area (Å²) in [5.41, 5.74) is 2.38. The molecule has 0 aliphatic heterocycles. The van der Waals surface area contributed by atoms with E-state index in [1.54, 1.807) is 31.3 Å². The first kappa shape index (κ1) is 19.7. The standard InChI is InChI=1S/C21H19ClN6O2/c1-27-17-10-6-5-9-15(17)24-19(27)12-23-21(30)16-11-18(28(2)26-16)25-20(29)13-7-3-4-8-14(13)22/h3-11H,12H2,1-2H3,(H,23,30)(H,25,29). The Kier molecular flexibility index (Phi) is 5.24. The van der Waals surface area contributed by atoms with Gasteiger partial charge in [-0.2, -0.15) is 5.10 Å². The Morgan fingerprint density at radius 2 is 1.77 bits per heavy atom. The molecule has 0 aliphatic rings. The molecule has 0 bridgehead atoms. The third-order valence-electron chi connectivity index (χ3n) is 4.76. The summed E-state index contributed by atoms with van der Waals surface area (Å²) in [5, 5.41) is 10.1. The lowest BCUT2D eigenvalue weighted by molar-refractivity contribution is 0.0943. The summed E-state index contributed by atoms with van der Waals surface area (Å²) in [4.78, 5) is 29.5. The monoisotopic (exact) mass is 422 g/mol. The highest BCUT2D eigenvalue weighted by Gasteiger charge is 2.17. The second-order valence-corrected chi connectivity index (χ2v) is 7.14. The van der Waals surface area contributed by atoms with Crippen LogP contribution in [0.3, 0.4) is 0 Å². The molecule has 9 heteroatoms. The topological polar surface area (TPSA) is 93.8 Å². The molecule has 0 spiro atoms. The van der Waals surface area contributed by atoms with Gasteiger partial charge in [-0.3, -0.25) is 14.3 Å². The maximum absolute atomic E-state index is 12.6. The van der Waals surface area contributed by atoms with E-state index >= 15 is 0 Å². The quantitative estimate of drug-likeness (QED) is 0.516. The van der Waals surface area contributed by atoms with Crippen molar-refractivity contribution >= 4 is 40.3 Å². The molecule has 0 unspecified atom stereocenters. The zero-order valence-electron chi connectivity index (χ0n) is 16.4. The molecule has 0 radical (unpaired) electrons. The third-order valence-corrected chi connectivity index (χ3v) is 5.09. The van der Waals surface area contributed by atoms with Crippen LogP contribution in [0, 0.1) is 0 Å². The van der Waals surface area contributed by atoms with E-state index in [9.17, 15) is 9.59 Å². The number of benzene rings is 2. The van der Waals surface area contributed by atoms with Crippen molar-refractivity contribution < 1.29 is 9.59 Å². The normalized spacial score (nSPS) is 10.9. The van der Waals surface area contributed by atoms with Gasteiger partial charge in [0.1, 0.15) is 11.6 Å². The average molecular weight is 423 g/mol. The Labute approximate surface area is 177 Å². The third kappa shape index (κ3) is 3.77. The highest BCUT2D eigenvalue weighted by Crippen LogP contribution is 2.18. The van der Waals surface area contributed by atoms with E-state index in [1.807, 2.05) is 35.9 Å². The van der Waals surface area contributed by atoms with Crippen LogP contribution >= 0.6 is 11.6 Å². The molecule has 8 nitrogen and oxygen atoms in total. The van der Waals surface area contributed by atoms with Crippen molar-refractivity contribution in [3.8, 4) is 0 Å². The molecular formula is C21H19ClN6O2. The number of aromatic nitrogens is 4. The van der Waals surface area contributed by atoms with Crippen LogP contribution in [0.1, 0.15) is 26.7 Å². The van der Waals surface area contributed by atoms with Crippen LogP contribution in [0.25, 0.3) is 11.0 Å². The molecule has 0 saturated carbocycles. The predicted octanol–water partition coefficient (Wildman–Crippen LogP) is 3.14. The van der Waals surface area contributed by atoms with Crippen LogP contribution in [0.4, 0.5) is 5.82 Å². The van der Waals surface area contributed by atoms with Crippen molar-refractivity contribution in [3.63, 3.8) is 0 Å². The minimum absolute atomic E-state index is 0.186. The van der Waals surface area contributed by atoms with Crippen molar-refractivity contribution in [2.24, 2.45) is 14.1 Å². The number of halogens is 1. The van der Waals surface area contributed by atoms with Crippen LogP contribution in [0.5, 0.6) is 0 Å². The lowest BCUT2D eigenvalue weighted by Crippen LogP contribution is -2.25. The summed E-state index contributed by atoms with van der Waals surface area (Å²) in [5.74, 6) is 0.367. The maximum atomic E-state index is 12.6. The Hall–Kier alpha value is -3.65. The van der Waals surface area contributed by atoms with Gasteiger partial charge in [0.15, 0.2) is 5.69 Å². The fourth-order valence-corrected chi connectivity index (χ4v) is 3.35. The van der Waals surface area contributed by atoms with Gasteiger partial charge >= 0.3 is 0 Å². The predicted molar refractivity (Wildman–Crippen MR) is 114 cm³/mol. The van der Waals surface area contributed by atoms with Crippen LogP contribution < -0.4 is 10.6 Å². The molecule has 2 heterocycles. The Bertz CT molecular complexity index is 1260. The molecule has 2 N–H and O–H groups in total. The van der Waals surface area contributed by atoms with E-state index < -0.39 is 0 Å². The van der Waals surface area contributed by atoms with E-state index in [2.05, 4.69) is 20.7 Å². The number of aryl methyl sites for hydroxylation is 2. The highest BCUT2D eigenvalue weighted by molar-refractivity contribution is 6.34. The van der Waals surface area contributed by atoms with Crippen LogP contribution in [0.15, 0.2) is 54.6 Å². The maximum Gasteiger partial charge on any atom is 0.272 e. The Balaban J connectivity index is 1.45. The summed E-state index contributed by atoms with van der Waals surface area (Å²) in [6, 6.07) is 16.0. The molecule has 2 aromatic carbocycles. The van der Waals surface area contributed by atoms with Crippen LogP contribution in [-0.2, 0) is 20.6 Å². The molecule has 0 aliphatic carbocycles. The average Bonchev–Trinajstić information content (AvgIpc) is 3.26. The summed E-state index contributed by atoms with van der Waals surface area (Å²) in [6.07, 6.45) is 0. The summed E-state index contributed by atoms with van der Waals surface area (Å²) in [7, 11) is 3.55. The number of fused-ring (bicyclic) bond motifs is 1. The number of carbonyl (C=O) groups is 2. The van der Waals surface area contributed by atoms with Gasteiger partial charge in [0, 0.05) is 20.2 Å². The summed E-state index contributed by atoms with van der Waals surface area (Å²) in [6.45, 7) is 0.252. The van der Waals surface area contributed by atoms with Crippen molar-refractivity contribution in [2.45, 2.75) is 6.54 Å². The highest BCUT2D eigenvalue weighted by atomic mass is 35.5. The van der Waals surface area contributed by atoms with Gasteiger partial charge in [-0.1, -0.05) is 35.9 Å². The largest absolute Gasteiger partial charge is 0.343 e. The zero-order valence-corrected chi connectivity index (χ0v) is 17.1. The van der Waals surface area contributed by atoms with Gasteiger partial charge in [0.2, 0.25) is 0 Å². The summed E-state index contributed by atoms with van der Waals surface area (Å²) >= 11 is 6.07. The number of anilines is 1. The molecule has 2 amide bonds. The number of para-hydroxylation sites is 2. The molecule has 0 atom stereocenters. The van der Waals surface area contributed by atoms with Crippen LogP contribution in [0.2, 0.25) is 5.02 Å². The van der Waals surface area contributed by atoms with Crippen molar-refractivity contribution in [3.05, 3.63) is 76.7 Å². The van der Waals surface area contributed by atoms with E-state index in [-0.39, 0.29) is 24.1 Å². The minimum atomic E-state index is -0.379. The lowest BCUT2D eigenvalue weighted by atomic mass is 10.2. The van der Waals surface area contributed by atoms with E-state index in [4.69, 9.17) is 11.6 Å². The SMILES string of the molecule is Cn1nc(C(=O)NCc2nc3ccccc3n2C)cc1NC(=O)c1ccccc1Cl. The Morgan fingerprint density at radius 1 is 1.03 bits per heavy atom. The first-order valence-corrected chi connectivity index (χ1v) is 9.60. The molecule has 152 valence electrons. The van der Waals surface area contributed by atoms with E-state index in [1.165, 1.54) is 10.7 Å². The number of hydrogen-bond acceptors (Lipinski definition) is 4. The second kappa shape index (κ2) is 8.00. The van der Waals surface area contributed by atoms with E-state index in [0.717, 1.165) is 16.9 Å². The zero-order chi connectivity index (χ0) is 21.3. The number of imidazole rings is 1. The van der Waals surface area contributed by atoms with Gasteiger partial charge < -0.3 is 15.2 Å². The molecular weight excluding hydrogens is 404 g/mol. The first-order valence-electron chi connectivity index (χ1n) is 9.22. The molecule has 4 rings (SSSR count). The molecule has 0 fully saturated rings. The summed E-state index contributed by atoms with van der Waals surface area (Å²) < 4.78 is 3.36. The number of hydrogen-bond donors (Lipinski definition) is 2. The molecule has 0 saturated heterocycles. The Morgan fingerprint density at radius 3 is 2.53 bits per heavy atom. The fourth-order valence-electron chi connectivity index (χ4n) is 3.13. The van der Waals surface area contributed by atoms with Gasteiger partial charge in [0.05, 0.1) is 28.2 Å². The van der Waals surface area contributed by atoms with Gasteiger partial charge in [-0.05, 0) is 24.3 Å².